The van der Waals surface area contributed by atoms with Crippen LogP contribution in [0.4, 0.5) is 0 Å². The summed E-state index contributed by atoms with van der Waals surface area (Å²) in [6, 6.07) is -1.16. The molecule has 382 valence electrons. The number of carbonyl (C=O) groups is 1. The average Bonchev–Trinajstić information content (AvgIpc) is 3.29. The highest BCUT2D eigenvalue weighted by molar-refractivity contribution is 5.80. The molecule has 1 amide bonds. The van der Waals surface area contributed by atoms with E-state index in [0.717, 1.165) is 38.5 Å². The summed E-state index contributed by atoms with van der Waals surface area (Å²) in [6.07, 6.45) is 35.9. The van der Waals surface area contributed by atoms with E-state index in [2.05, 4.69) is 19.2 Å². The monoisotopic (exact) mass is 916 g/mol. The summed E-state index contributed by atoms with van der Waals surface area (Å²) in [5.74, 6) is -0.691. The molecule has 1 aliphatic heterocycles. The van der Waals surface area contributed by atoms with Gasteiger partial charge in [-0.1, -0.05) is 251 Å². The Morgan fingerprint density at radius 3 is 1.16 bits per heavy atom. The summed E-state index contributed by atoms with van der Waals surface area (Å²) in [5.41, 5.74) is 0. The highest BCUT2D eigenvalue weighted by Crippen LogP contribution is 2.23. The van der Waals surface area contributed by atoms with Gasteiger partial charge in [-0.2, -0.15) is 0 Å². The maximum Gasteiger partial charge on any atom is 0.249 e. The van der Waals surface area contributed by atoms with Gasteiger partial charge < -0.3 is 50.5 Å². The summed E-state index contributed by atoms with van der Waals surface area (Å²) in [5, 5.41) is 75.9. The Balaban J connectivity index is 2.27. The number of hydrogen-bond acceptors (Lipinski definition) is 10. The molecule has 1 saturated heterocycles. The number of unbranched alkanes of at least 4 members (excludes halogenated alkanes) is 35. The first-order valence-electron chi connectivity index (χ1n) is 27.4. The van der Waals surface area contributed by atoms with Crippen LogP contribution in [-0.2, 0) is 14.3 Å². The van der Waals surface area contributed by atoms with Crippen molar-refractivity contribution in [3.63, 3.8) is 0 Å². The molecule has 0 bridgehead atoms. The minimum Gasteiger partial charge on any atom is -0.394 e. The zero-order valence-electron chi connectivity index (χ0n) is 41.5. The van der Waals surface area contributed by atoms with Crippen molar-refractivity contribution in [1.82, 2.24) is 5.32 Å². The van der Waals surface area contributed by atoms with Crippen LogP contribution in [0.1, 0.15) is 264 Å². The largest absolute Gasteiger partial charge is 0.394 e. The van der Waals surface area contributed by atoms with Gasteiger partial charge in [-0.05, 0) is 12.8 Å². The number of hydrogen-bond donors (Lipinski definition) is 8. The number of nitrogens with one attached hydrogen (secondary N) is 1. The summed E-state index contributed by atoms with van der Waals surface area (Å²) < 4.78 is 11.1. The van der Waals surface area contributed by atoms with Crippen LogP contribution in [0.15, 0.2) is 0 Å². The van der Waals surface area contributed by atoms with Crippen molar-refractivity contribution < 1.29 is 50.0 Å². The van der Waals surface area contributed by atoms with Crippen LogP contribution in [0.5, 0.6) is 0 Å². The van der Waals surface area contributed by atoms with Crippen LogP contribution in [-0.4, -0.2) is 110 Å². The zero-order valence-corrected chi connectivity index (χ0v) is 41.5. The van der Waals surface area contributed by atoms with Gasteiger partial charge in [0.05, 0.1) is 25.4 Å². The zero-order chi connectivity index (χ0) is 46.9. The molecule has 1 fully saturated rings. The lowest BCUT2D eigenvalue weighted by Crippen LogP contribution is -2.60. The molecule has 0 aromatic carbocycles. The third-order valence-corrected chi connectivity index (χ3v) is 13.7. The van der Waals surface area contributed by atoms with Crippen LogP contribution in [0, 0.1) is 0 Å². The summed E-state index contributed by atoms with van der Waals surface area (Å²) >= 11 is 0. The van der Waals surface area contributed by atoms with Crippen molar-refractivity contribution in [3.8, 4) is 0 Å². The van der Waals surface area contributed by atoms with Crippen molar-refractivity contribution in [2.45, 2.75) is 319 Å². The highest BCUT2D eigenvalue weighted by atomic mass is 16.7. The standard InChI is InChI=1S/C53H105NO10/c1-3-5-7-9-11-13-15-17-18-19-20-21-22-23-24-25-26-27-28-29-31-33-35-37-39-41-46(57)52(62)54-44(43-63-53-51(61)50(60)49(59)47(42-55)64-53)48(58)45(56)40-38-36-34-32-30-16-14-12-10-8-6-4-2/h44-51,53,55-61H,3-43H2,1-2H3,(H,54,62). The normalized spacial score (nSPS) is 20.9. The molecule has 11 heteroatoms. The predicted octanol–water partition coefficient (Wildman–Crippen LogP) is 10.6. The molecular formula is C53H105NO10. The van der Waals surface area contributed by atoms with Crippen LogP contribution >= 0.6 is 0 Å². The van der Waals surface area contributed by atoms with Gasteiger partial charge in [-0.25, -0.2) is 0 Å². The van der Waals surface area contributed by atoms with Crippen LogP contribution in [0.3, 0.4) is 0 Å². The van der Waals surface area contributed by atoms with Gasteiger partial charge in [0, 0.05) is 0 Å². The number of amides is 1. The Kier molecular flexibility index (Phi) is 41.4. The van der Waals surface area contributed by atoms with Gasteiger partial charge in [0.25, 0.3) is 0 Å². The fourth-order valence-corrected chi connectivity index (χ4v) is 9.15. The van der Waals surface area contributed by atoms with E-state index in [4.69, 9.17) is 9.47 Å². The molecule has 0 saturated carbocycles. The quantitative estimate of drug-likeness (QED) is 0.0273. The molecule has 0 spiro atoms. The van der Waals surface area contributed by atoms with Gasteiger partial charge >= 0.3 is 0 Å². The van der Waals surface area contributed by atoms with E-state index in [1.54, 1.807) is 0 Å². The van der Waals surface area contributed by atoms with Crippen molar-refractivity contribution in [2.24, 2.45) is 0 Å². The van der Waals surface area contributed by atoms with E-state index in [9.17, 15) is 40.5 Å². The van der Waals surface area contributed by atoms with E-state index in [1.165, 1.54) is 186 Å². The highest BCUT2D eigenvalue weighted by Gasteiger charge is 2.44. The molecule has 1 rings (SSSR count). The van der Waals surface area contributed by atoms with Crippen LogP contribution in [0.2, 0.25) is 0 Å². The summed E-state index contributed by atoms with van der Waals surface area (Å²) in [4.78, 5) is 13.1. The lowest BCUT2D eigenvalue weighted by atomic mass is 9.98. The number of aliphatic hydroxyl groups is 7. The fourth-order valence-electron chi connectivity index (χ4n) is 9.15. The Labute approximate surface area is 392 Å². The third-order valence-electron chi connectivity index (χ3n) is 13.7. The lowest BCUT2D eigenvalue weighted by Gasteiger charge is -2.40. The van der Waals surface area contributed by atoms with E-state index < -0.39 is 74.2 Å². The Hall–Kier alpha value is -0.890. The van der Waals surface area contributed by atoms with Gasteiger partial charge in [0.1, 0.15) is 36.6 Å². The van der Waals surface area contributed by atoms with Crippen molar-refractivity contribution >= 4 is 5.91 Å². The molecule has 11 nitrogen and oxygen atoms in total. The smallest absolute Gasteiger partial charge is 0.249 e. The first-order valence-corrected chi connectivity index (χ1v) is 27.4. The number of carbonyl (C=O) groups excluding carboxylic acids is 1. The van der Waals surface area contributed by atoms with E-state index in [-0.39, 0.29) is 6.42 Å². The molecule has 0 aromatic rings. The molecule has 64 heavy (non-hydrogen) atoms. The second-order valence-electron chi connectivity index (χ2n) is 19.7. The van der Waals surface area contributed by atoms with Crippen LogP contribution < -0.4 is 5.32 Å². The van der Waals surface area contributed by atoms with Gasteiger partial charge in [0.2, 0.25) is 5.91 Å². The first-order chi connectivity index (χ1) is 31.2. The molecule has 8 N–H and O–H groups in total. The second kappa shape index (κ2) is 43.4. The number of aliphatic hydroxyl groups excluding tert-OH is 7. The maximum absolute atomic E-state index is 13.1. The number of ether oxygens (including phenoxy) is 2. The third kappa shape index (κ3) is 32.0. The predicted molar refractivity (Wildman–Crippen MR) is 261 cm³/mol. The average molecular weight is 916 g/mol. The molecule has 0 aromatic heterocycles. The molecule has 1 heterocycles. The Morgan fingerprint density at radius 1 is 0.484 bits per heavy atom. The SMILES string of the molecule is CCCCCCCCCCCCCCCCCCCCCCCCCCCC(O)C(=O)NC(COC1OC(CO)C(O)C(O)C1O)C(O)C(O)CCCCCCCCCCCCCC. The Morgan fingerprint density at radius 2 is 0.812 bits per heavy atom. The van der Waals surface area contributed by atoms with Gasteiger partial charge in [0.15, 0.2) is 6.29 Å². The molecule has 9 unspecified atom stereocenters. The maximum atomic E-state index is 13.1. The topological polar surface area (TPSA) is 189 Å². The lowest BCUT2D eigenvalue weighted by molar-refractivity contribution is -0.303. The molecular weight excluding hydrogens is 811 g/mol. The van der Waals surface area contributed by atoms with Gasteiger partial charge in [-0.15, -0.1) is 0 Å². The first kappa shape index (κ1) is 61.1. The molecule has 0 aliphatic carbocycles. The number of rotatable bonds is 47. The van der Waals surface area contributed by atoms with Gasteiger partial charge in [-0.3, -0.25) is 4.79 Å². The molecule has 1 aliphatic rings. The van der Waals surface area contributed by atoms with E-state index in [0.29, 0.717) is 19.3 Å². The minimum absolute atomic E-state index is 0.267. The van der Waals surface area contributed by atoms with Crippen molar-refractivity contribution in [3.05, 3.63) is 0 Å². The van der Waals surface area contributed by atoms with Crippen molar-refractivity contribution in [2.75, 3.05) is 13.2 Å². The summed E-state index contributed by atoms with van der Waals surface area (Å²) in [6.45, 7) is 3.47. The van der Waals surface area contributed by atoms with E-state index in [1.807, 2.05) is 0 Å². The van der Waals surface area contributed by atoms with E-state index >= 15 is 0 Å². The van der Waals surface area contributed by atoms with Crippen LogP contribution in [0.25, 0.3) is 0 Å². The van der Waals surface area contributed by atoms with Crippen molar-refractivity contribution in [1.29, 1.82) is 0 Å². The molecule has 0 radical (unpaired) electrons. The minimum atomic E-state index is -1.66. The Bertz CT molecular complexity index is 1010. The fraction of sp³-hybridized carbons (Fsp3) is 0.981. The summed E-state index contributed by atoms with van der Waals surface area (Å²) in [7, 11) is 0. The molecule has 9 atom stereocenters. The second-order valence-corrected chi connectivity index (χ2v) is 19.7.